The summed E-state index contributed by atoms with van der Waals surface area (Å²) in [6, 6.07) is 26.3. The monoisotopic (exact) mass is 441 g/mol. The molecule has 0 unspecified atom stereocenters. The summed E-state index contributed by atoms with van der Waals surface area (Å²) in [5.74, 6) is 0.523. The molecule has 0 bridgehead atoms. The highest BCUT2D eigenvalue weighted by Crippen LogP contribution is 2.63. The lowest BCUT2D eigenvalue weighted by Gasteiger charge is -2.38. The van der Waals surface area contributed by atoms with Crippen molar-refractivity contribution in [2.45, 2.75) is 43.0 Å². The van der Waals surface area contributed by atoms with E-state index in [1.807, 2.05) is 29.4 Å². The molecule has 3 aromatic carbocycles. The maximum absolute atomic E-state index is 14.1. The Morgan fingerprint density at radius 1 is 0.875 bits per heavy atom. The molecule has 1 atom stereocenters. The lowest BCUT2D eigenvalue weighted by atomic mass is 9.81. The van der Waals surface area contributed by atoms with E-state index >= 15 is 0 Å². The molecule has 0 amide bonds. The number of hydrogen-bond donors (Lipinski definition) is 0. The van der Waals surface area contributed by atoms with E-state index in [0.29, 0.717) is 17.4 Å². The molecule has 1 saturated carbocycles. The summed E-state index contributed by atoms with van der Waals surface area (Å²) in [6.45, 7) is 2.53. The zero-order chi connectivity index (χ0) is 21.9. The van der Waals surface area contributed by atoms with Crippen LogP contribution in [0.3, 0.4) is 0 Å². The Labute approximate surface area is 190 Å². The second kappa shape index (κ2) is 7.16. The van der Waals surface area contributed by atoms with E-state index in [4.69, 9.17) is 0 Å². The van der Waals surface area contributed by atoms with Gasteiger partial charge in [0.25, 0.3) is 0 Å². The van der Waals surface area contributed by atoms with E-state index < -0.39 is 15.6 Å². The van der Waals surface area contributed by atoms with Crippen molar-refractivity contribution in [3.05, 3.63) is 101 Å². The average molecular weight is 442 g/mol. The van der Waals surface area contributed by atoms with Crippen molar-refractivity contribution >= 4 is 21.2 Å². The minimum Gasteiger partial charge on any atom is -0.207 e. The van der Waals surface area contributed by atoms with E-state index in [-0.39, 0.29) is 0 Å². The van der Waals surface area contributed by atoms with Crippen molar-refractivity contribution in [3.63, 3.8) is 0 Å². The number of aryl methyl sites for hydroxylation is 1. The first-order valence-corrected chi connectivity index (χ1v) is 13.0. The molecule has 1 spiro atoms. The summed E-state index contributed by atoms with van der Waals surface area (Å²) in [5.41, 5.74) is 6.57. The van der Waals surface area contributed by atoms with Crippen molar-refractivity contribution in [1.29, 1.82) is 0 Å². The minimum atomic E-state index is -3.66. The van der Waals surface area contributed by atoms with Crippen molar-refractivity contribution in [3.8, 4) is 0 Å². The lowest BCUT2D eigenvalue weighted by Crippen LogP contribution is -2.44. The van der Waals surface area contributed by atoms with Crippen LogP contribution in [0.15, 0.2) is 83.8 Å². The third kappa shape index (κ3) is 2.79. The fourth-order valence-electron chi connectivity index (χ4n) is 5.84. The molecular weight excluding hydrogens is 414 g/mol. The van der Waals surface area contributed by atoms with E-state index in [2.05, 4.69) is 48.5 Å². The highest BCUT2D eigenvalue weighted by Gasteiger charge is 2.57. The first kappa shape index (κ1) is 20.0. The van der Waals surface area contributed by atoms with Gasteiger partial charge in [-0.05, 0) is 78.5 Å². The summed E-state index contributed by atoms with van der Waals surface area (Å²) in [6.07, 6.45) is 4.03. The predicted molar refractivity (Wildman–Crippen MR) is 128 cm³/mol. The molecule has 4 heteroatoms. The van der Waals surface area contributed by atoms with Gasteiger partial charge in [0.05, 0.1) is 10.4 Å². The van der Waals surface area contributed by atoms with Crippen LogP contribution in [0.4, 0.5) is 0 Å². The van der Waals surface area contributed by atoms with Crippen molar-refractivity contribution in [2.75, 3.05) is 6.54 Å². The van der Waals surface area contributed by atoms with E-state index in [0.717, 1.165) is 29.5 Å². The molecule has 2 fully saturated rings. The quantitative estimate of drug-likeness (QED) is 0.497. The highest BCUT2D eigenvalue weighted by molar-refractivity contribution is 7.89. The maximum Gasteiger partial charge on any atom is 0.244 e. The normalized spacial score (nSPS) is 23.2. The zero-order valence-corrected chi connectivity index (χ0v) is 19.1. The van der Waals surface area contributed by atoms with Gasteiger partial charge in [0.1, 0.15) is 0 Å². The first-order valence-electron chi connectivity index (χ1n) is 11.5. The van der Waals surface area contributed by atoms with Crippen LogP contribution in [0.2, 0.25) is 0 Å². The number of rotatable bonds is 4. The van der Waals surface area contributed by atoms with Gasteiger partial charge < -0.3 is 0 Å². The Hall–Kier alpha value is -2.69. The maximum atomic E-state index is 14.1. The predicted octanol–water partition coefficient (Wildman–Crippen LogP) is 6.01. The van der Waals surface area contributed by atoms with Gasteiger partial charge in [-0.15, -0.1) is 0 Å². The minimum absolute atomic E-state index is 0.383. The molecule has 6 rings (SSSR count). The third-order valence-electron chi connectivity index (χ3n) is 7.33. The van der Waals surface area contributed by atoms with Crippen molar-refractivity contribution in [2.24, 2.45) is 5.92 Å². The summed E-state index contributed by atoms with van der Waals surface area (Å²) in [4.78, 5) is 0.383. The van der Waals surface area contributed by atoms with Crippen LogP contribution in [0.25, 0.3) is 11.1 Å². The van der Waals surface area contributed by atoms with Crippen LogP contribution in [-0.4, -0.2) is 19.3 Å². The molecule has 3 nitrogen and oxygen atoms in total. The fourth-order valence-corrected chi connectivity index (χ4v) is 7.64. The Morgan fingerprint density at radius 2 is 1.56 bits per heavy atom. The molecule has 3 aromatic rings. The van der Waals surface area contributed by atoms with Crippen molar-refractivity contribution in [1.82, 2.24) is 4.31 Å². The second-order valence-electron chi connectivity index (χ2n) is 9.33. The van der Waals surface area contributed by atoms with E-state index in [9.17, 15) is 8.42 Å². The number of hydrogen-bond acceptors (Lipinski definition) is 2. The lowest BCUT2D eigenvalue weighted by molar-refractivity contribution is 0.324. The standard InChI is InChI=1S/C28H27NO2S/c1-20-12-16-23(17-13-20)32(30,31)29-19-7-18-28(29)25-11-6-5-10-24(25)26(21-14-15-21)27(28)22-8-3-2-4-9-22/h2-6,8-13,16-17,21H,7,14-15,18-19H2,1H3/t28-/m1/s1. The largest absolute Gasteiger partial charge is 0.244 e. The molecule has 162 valence electrons. The number of fused-ring (bicyclic) bond motifs is 2. The van der Waals surface area contributed by atoms with Gasteiger partial charge >= 0.3 is 0 Å². The van der Waals surface area contributed by atoms with Gasteiger partial charge in [0.15, 0.2) is 0 Å². The Balaban J connectivity index is 1.63. The van der Waals surface area contributed by atoms with Crippen LogP contribution in [0, 0.1) is 12.8 Å². The molecule has 3 aliphatic rings. The summed E-state index contributed by atoms with van der Waals surface area (Å²) >= 11 is 0. The SMILES string of the molecule is Cc1ccc(S(=O)(=O)N2CCC[C@@]23C(c2ccccc2)=C(C2CC2)c2ccccc23)cc1. The van der Waals surface area contributed by atoms with Crippen LogP contribution >= 0.6 is 0 Å². The summed E-state index contributed by atoms with van der Waals surface area (Å²) in [5, 5.41) is 0. The Morgan fingerprint density at radius 3 is 2.28 bits per heavy atom. The molecule has 32 heavy (non-hydrogen) atoms. The summed E-state index contributed by atoms with van der Waals surface area (Å²) < 4.78 is 30.0. The van der Waals surface area contributed by atoms with Gasteiger partial charge in [0, 0.05) is 6.54 Å². The summed E-state index contributed by atoms with van der Waals surface area (Å²) in [7, 11) is -3.66. The van der Waals surface area contributed by atoms with Gasteiger partial charge in [-0.1, -0.05) is 72.3 Å². The highest BCUT2D eigenvalue weighted by atomic mass is 32.2. The van der Waals surface area contributed by atoms with Crippen LogP contribution in [0.5, 0.6) is 0 Å². The fraction of sp³-hybridized carbons (Fsp3) is 0.286. The third-order valence-corrected chi connectivity index (χ3v) is 9.27. The number of nitrogens with zero attached hydrogens (tertiary/aromatic N) is 1. The number of sulfonamides is 1. The first-order chi connectivity index (χ1) is 15.5. The van der Waals surface area contributed by atoms with Gasteiger partial charge in [-0.2, -0.15) is 4.31 Å². The van der Waals surface area contributed by atoms with Crippen LogP contribution in [0.1, 0.15) is 47.9 Å². The van der Waals surface area contributed by atoms with Gasteiger partial charge in [0.2, 0.25) is 10.0 Å². The molecule has 0 radical (unpaired) electrons. The molecule has 1 saturated heterocycles. The molecule has 0 aromatic heterocycles. The zero-order valence-electron chi connectivity index (χ0n) is 18.3. The Bertz CT molecular complexity index is 1320. The van der Waals surface area contributed by atoms with Crippen molar-refractivity contribution < 1.29 is 8.42 Å². The molecule has 0 N–H and O–H groups in total. The van der Waals surface area contributed by atoms with E-state index in [1.54, 1.807) is 12.1 Å². The Kier molecular flexibility index (Phi) is 4.46. The van der Waals surface area contributed by atoms with E-state index in [1.165, 1.54) is 29.6 Å². The topological polar surface area (TPSA) is 37.4 Å². The molecule has 1 heterocycles. The number of allylic oxidation sites excluding steroid dienone is 1. The smallest absolute Gasteiger partial charge is 0.207 e. The average Bonchev–Trinajstić information content (AvgIpc) is 3.48. The molecular formula is C28H27NO2S. The molecule has 2 aliphatic carbocycles. The van der Waals surface area contributed by atoms with Gasteiger partial charge in [-0.3, -0.25) is 0 Å². The second-order valence-corrected chi connectivity index (χ2v) is 11.2. The van der Waals surface area contributed by atoms with Crippen LogP contribution in [-0.2, 0) is 15.6 Å². The molecule has 1 aliphatic heterocycles. The van der Waals surface area contributed by atoms with Gasteiger partial charge in [-0.25, -0.2) is 8.42 Å². The van der Waals surface area contributed by atoms with Crippen LogP contribution < -0.4 is 0 Å². The number of benzene rings is 3.